The van der Waals surface area contributed by atoms with Crippen molar-refractivity contribution in [2.45, 2.75) is 38.7 Å². The lowest BCUT2D eigenvalue weighted by Crippen LogP contribution is -2.52. The van der Waals surface area contributed by atoms with Crippen LogP contribution in [0.1, 0.15) is 74.5 Å². The fraction of sp³-hybridized carbons (Fsp3) is 0.270. The van der Waals surface area contributed by atoms with Crippen molar-refractivity contribution in [3.05, 3.63) is 95.3 Å². The fourth-order valence-electron chi connectivity index (χ4n) is 6.33. The zero-order valence-electron chi connectivity index (χ0n) is 26.7. The van der Waals surface area contributed by atoms with Gasteiger partial charge in [-0.25, -0.2) is 4.79 Å². The molecule has 1 saturated heterocycles. The molecule has 2 aliphatic rings. The van der Waals surface area contributed by atoms with Crippen molar-refractivity contribution < 1.29 is 38.5 Å². The summed E-state index contributed by atoms with van der Waals surface area (Å²) in [5.74, 6) is -0.640. The number of hydrogen-bond donors (Lipinski definition) is 2. The minimum atomic E-state index is -1.11. The zero-order chi connectivity index (χ0) is 34.0. The molecule has 2 amide bonds. The number of nitrogens with two attached hydrogens (primary N) is 1. The number of fused-ring (bicyclic) bond motifs is 1. The first-order chi connectivity index (χ1) is 23.1. The van der Waals surface area contributed by atoms with Crippen LogP contribution in [0.4, 0.5) is 0 Å². The first-order valence-electron chi connectivity index (χ1n) is 15.8. The van der Waals surface area contributed by atoms with Gasteiger partial charge in [0.15, 0.2) is 5.78 Å². The summed E-state index contributed by atoms with van der Waals surface area (Å²) in [5.41, 5.74) is 8.52. The van der Waals surface area contributed by atoms with Gasteiger partial charge < -0.3 is 30.0 Å². The topological polar surface area (TPSA) is 158 Å². The minimum absolute atomic E-state index is 0.0151. The Kier molecular flexibility index (Phi) is 8.86. The Bertz CT molecular complexity index is 1900. The number of primary amides is 1. The van der Waals surface area contributed by atoms with Gasteiger partial charge in [0.2, 0.25) is 5.91 Å². The van der Waals surface area contributed by atoms with E-state index in [0.29, 0.717) is 84.2 Å². The van der Waals surface area contributed by atoms with Crippen LogP contribution < -0.4 is 19.9 Å². The van der Waals surface area contributed by atoms with Gasteiger partial charge in [-0.3, -0.25) is 19.4 Å². The highest BCUT2D eigenvalue weighted by Crippen LogP contribution is 2.43. The van der Waals surface area contributed by atoms with E-state index in [0.717, 1.165) is 11.1 Å². The van der Waals surface area contributed by atoms with Gasteiger partial charge >= 0.3 is 5.97 Å². The number of benzene rings is 3. The molecule has 11 heteroatoms. The Morgan fingerprint density at radius 1 is 0.875 bits per heavy atom. The van der Waals surface area contributed by atoms with Crippen LogP contribution in [0.25, 0.3) is 22.3 Å². The Balaban J connectivity index is 1.21. The predicted octanol–water partition coefficient (Wildman–Crippen LogP) is 5.65. The highest BCUT2D eigenvalue weighted by molar-refractivity contribution is 6.02. The number of carbonyl (C=O) groups is 4. The minimum Gasteiger partial charge on any atom is -0.493 e. The number of likely N-dealkylation sites (tertiary alicyclic amines) is 1. The molecule has 0 atom stereocenters. The van der Waals surface area contributed by atoms with E-state index >= 15 is 0 Å². The molecule has 246 valence electrons. The molecule has 2 aliphatic heterocycles. The second-order valence-electron chi connectivity index (χ2n) is 11.8. The molecular weight excluding hydrogens is 614 g/mol. The Hall–Kier alpha value is -5.71. The molecular formula is C37H35N3O8. The van der Waals surface area contributed by atoms with Crippen molar-refractivity contribution >= 4 is 23.6 Å². The van der Waals surface area contributed by atoms with Gasteiger partial charge in [0.1, 0.15) is 22.8 Å². The molecule has 3 N–H and O–H groups in total. The van der Waals surface area contributed by atoms with E-state index in [1.165, 1.54) is 18.5 Å². The van der Waals surface area contributed by atoms with E-state index in [9.17, 15) is 24.3 Å². The maximum Gasteiger partial charge on any atom is 0.337 e. The lowest BCUT2D eigenvalue weighted by atomic mass is 9.81. The van der Waals surface area contributed by atoms with Gasteiger partial charge in [-0.2, -0.15) is 0 Å². The summed E-state index contributed by atoms with van der Waals surface area (Å²) in [7, 11) is 0. The van der Waals surface area contributed by atoms with Gasteiger partial charge in [-0.1, -0.05) is 18.2 Å². The first kappa shape index (κ1) is 32.2. The second kappa shape index (κ2) is 13.2. The number of nitrogens with zero attached hydrogens (tertiary/aromatic N) is 2. The number of ketones is 1. The molecule has 0 unspecified atom stereocenters. The van der Waals surface area contributed by atoms with Crippen LogP contribution in [0.3, 0.4) is 0 Å². The lowest BCUT2D eigenvalue weighted by Gasteiger charge is -2.44. The number of carbonyl (C=O) groups excluding carboxylic acids is 3. The van der Waals surface area contributed by atoms with E-state index in [2.05, 4.69) is 4.98 Å². The molecule has 6 rings (SSSR count). The fourth-order valence-corrected chi connectivity index (χ4v) is 6.33. The summed E-state index contributed by atoms with van der Waals surface area (Å²) in [6, 6.07) is 17.2. The number of piperidine rings is 1. The summed E-state index contributed by atoms with van der Waals surface area (Å²) >= 11 is 0. The third-order valence-corrected chi connectivity index (χ3v) is 8.72. The average Bonchev–Trinajstić information content (AvgIpc) is 3.08. The molecule has 1 spiro atoms. The van der Waals surface area contributed by atoms with E-state index in [1.54, 1.807) is 47.4 Å². The third kappa shape index (κ3) is 6.31. The van der Waals surface area contributed by atoms with E-state index in [-0.39, 0.29) is 23.7 Å². The van der Waals surface area contributed by atoms with Crippen LogP contribution in [0.2, 0.25) is 0 Å². The number of hydrogen-bond acceptors (Lipinski definition) is 8. The molecule has 1 fully saturated rings. The summed E-state index contributed by atoms with van der Waals surface area (Å²) in [6.07, 6.45) is 3.92. The molecule has 1 aromatic heterocycles. The number of aromatic nitrogens is 1. The molecule has 11 nitrogen and oxygen atoms in total. The van der Waals surface area contributed by atoms with Gasteiger partial charge in [-0.15, -0.1) is 0 Å². The number of carboxylic acids is 1. The number of rotatable bonds is 9. The molecule has 0 radical (unpaired) electrons. The van der Waals surface area contributed by atoms with Crippen LogP contribution >= 0.6 is 0 Å². The van der Waals surface area contributed by atoms with Crippen molar-refractivity contribution in [2.24, 2.45) is 5.73 Å². The number of ether oxygens (including phenoxy) is 3. The summed E-state index contributed by atoms with van der Waals surface area (Å²) in [4.78, 5) is 56.4. The summed E-state index contributed by atoms with van der Waals surface area (Å²) in [6.45, 7) is 5.01. The Morgan fingerprint density at radius 2 is 1.54 bits per heavy atom. The average molecular weight is 650 g/mol. The van der Waals surface area contributed by atoms with Crippen molar-refractivity contribution in [1.82, 2.24) is 9.88 Å². The van der Waals surface area contributed by atoms with Crippen molar-refractivity contribution in [3.63, 3.8) is 0 Å². The van der Waals surface area contributed by atoms with Gasteiger partial charge in [0.25, 0.3) is 5.91 Å². The van der Waals surface area contributed by atoms with E-state index in [1.807, 2.05) is 26.0 Å². The highest BCUT2D eigenvalue weighted by Gasteiger charge is 2.44. The highest BCUT2D eigenvalue weighted by atomic mass is 16.5. The van der Waals surface area contributed by atoms with Crippen LogP contribution in [0, 0.1) is 0 Å². The van der Waals surface area contributed by atoms with E-state index in [4.69, 9.17) is 19.9 Å². The van der Waals surface area contributed by atoms with Crippen molar-refractivity contribution in [2.75, 3.05) is 26.3 Å². The van der Waals surface area contributed by atoms with Gasteiger partial charge in [0.05, 0.1) is 36.3 Å². The van der Waals surface area contributed by atoms with Crippen molar-refractivity contribution in [1.29, 1.82) is 0 Å². The molecule has 0 saturated carbocycles. The number of pyridine rings is 1. The van der Waals surface area contributed by atoms with Crippen LogP contribution in [0.5, 0.6) is 17.2 Å². The van der Waals surface area contributed by atoms with Crippen LogP contribution in [-0.2, 0) is 0 Å². The number of aromatic carboxylic acids is 1. The normalized spacial score (nSPS) is 15.0. The molecule has 0 aliphatic carbocycles. The number of carboxylic acid groups (broad SMARTS) is 1. The third-order valence-electron chi connectivity index (χ3n) is 8.72. The SMILES string of the molecule is CCOc1cc(C(=O)N2CCC3(CC2)CC(=O)c2cc(-c4cccc(C(N)=O)c4)ccc2O3)cc(OCC)c1-c1cncc(C(=O)O)c1. The zero-order valence-corrected chi connectivity index (χ0v) is 26.7. The second-order valence-corrected chi connectivity index (χ2v) is 11.8. The van der Waals surface area contributed by atoms with Gasteiger partial charge in [0, 0.05) is 55.0 Å². The van der Waals surface area contributed by atoms with E-state index < -0.39 is 17.5 Å². The van der Waals surface area contributed by atoms with Crippen LogP contribution in [0.15, 0.2) is 73.1 Å². The monoisotopic (exact) mass is 649 g/mol. The number of Topliss-reactive ketones (excluding diaryl/α,β-unsaturated/α-hetero) is 1. The maximum absolute atomic E-state index is 13.9. The molecule has 3 heterocycles. The van der Waals surface area contributed by atoms with Crippen molar-refractivity contribution in [3.8, 4) is 39.5 Å². The Labute approximate surface area is 277 Å². The molecule has 0 bridgehead atoms. The first-order valence-corrected chi connectivity index (χ1v) is 15.8. The summed E-state index contributed by atoms with van der Waals surface area (Å²) < 4.78 is 18.4. The Morgan fingerprint density at radius 3 is 2.19 bits per heavy atom. The summed E-state index contributed by atoms with van der Waals surface area (Å²) in [5, 5.41) is 9.50. The lowest BCUT2D eigenvalue weighted by molar-refractivity contribution is -0.00574. The smallest absolute Gasteiger partial charge is 0.337 e. The molecule has 48 heavy (non-hydrogen) atoms. The number of amides is 2. The standard InChI is InChI=1S/C37H35N3O8/c1-3-46-31-17-25(18-32(47-4-2)33(31)26-15-27(36(44)45)21-39-20-26)35(43)40-12-10-37(11-13-40)19-29(41)28-16-23(8-9-30(28)48-37)22-6-5-7-24(14-22)34(38)42/h5-9,14-18,20-21H,3-4,10-13,19H2,1-2H3,(H2,38,42)(H,44,45). The quantitative estimate of drug-likeness (QED) is 0.234. The van der Waals surface area contributed by atoms with Gasteiger partial charge in [-0.05, 0) is 67.4 Å². The predicted molar refractivity (Wildman–Crippen MR) is 177 cm³/mol. The molecule has 3 aromatic carbocycles. The largest absolute Gasteiger partial charge is 0.493 e. The molecule has 4 aromatic rings. The maximum atomic E-state index is 13.9. The van der Waals surface area contributed by atoms with Crippen LogP contribution in [-0.4, -0.2) is 70.5 Å².